The minimum absolute atomic E-state index is 0.145. The molecule has 4 heteroatoms. The summed E-state index contributed by atoms with van der Waals surface area (Å²) in [5.74, 6) is -0.257. The summed E-state index contributed by atoms with van der Waals surface area (Å²) in [6.07, 6.45) is 4.24. The summed E-state index contributed by atoms with van der Waals surface area (Å²) in [6, 6.07) is 81.7. The van der Waals surface area contributed by atoms with Crippen LogP contribution in [0.4, 0.5) is 32.8 Å². The molecule has 11 aromatic carbocycles. The normalized spacial score (nSPS) is 12.9. The van der Waals surface area contributed by atoms with Gasteiger partial charge >= 0.3 is 0 Å². The van der Waals surface area contributed by atoms with E-state index in [2.05, 4.69) is 247 Å². The zero-order valence-electron chi connectivity index (χ0n) is 38.3. The van der Waals surface area contributed by atoms with Crippen molar-refractivity contribution < 1.29 is 4.39 Å². The highest BCUT2D eigenvalue weighted by atomic mass is 19.1. The van der Waals surface area contributed by atoms with Gasteiger partial charge in [0.15, 0.2) is 0 Å². The topological polar surface area (TPSA) is 11.4 Å². The molecule has 3 nitrogen and oxygen atoms in total. The summed E-state index contributed by atoms with van der Waals surface area (Å²) in [5.41, 5.74) is 17.0. The highest BCUT2D eigenvalue weighted by Crippen LogP contribution is 2.50. The van der Waals surface area contributed by atoms with E-state index in [1.165, 1.54) is 72.2 Å². The quantitative estimate of drug-likeness (QED) is 0.134. The fourth-order valence-corrected chi connectivity index (χ4v) is 11.0. The maximum absolute atomic E-state index is 14.3. The second-order valence-electron chi connectivity index (χ2n) is 18.8. The van der Waals surface area contributed by atoms with Crippen molar-refractivity contribution in [3.05, 3.63) is 259 Å². The van der Waals surface area contributed by atoms with Crippen LogP contribution in [0.5, 0.6) is 0 Å². The lowest BCUT2D eigenvalue weighted by molar-refractivity contribution is 0.628. The van der Waals surface area contributed by atoms with Crippen LogP contribution in [0.1, 0.15) is 30.5 Å². The lowest BCUT2D eigenvalue weighted by Crippen LogP contribution is -2.16. The van der Waals surface area contributed by atoms with Crippen molar-refractivity contribution in [2.75, 3.05) is 9.80 Å². The van der Waals surface area contributed by atoms with Crippen LogP contribution in [0.25, 0.3) is 77.4 Å². The standard InChI is InChI=1S/C65H46FN3/c1-65(2)59-20-12-11-19-57(59)58-34-33-54(41-60(58)65)67(51-31-28-50(66)29-32-51)36-35-43-21-23-45(24-22-43)49-37-47-25-26-48-39-56(68(52-15-5-3-6-16-52)53-17-7-4-8-18-53)42-62-64(48)63(47)61(40-49)69(62)55-30-27-44-13-9-10-14-46(44)38-55/h3-42H,1-2H3. The molecule has 0 bridgehead atoms. The molecular formula is C65H46FN3. The van der Waals surface area contributed by atoms with Crippen molar-refractivity contribution >= 4 is 77.9 Å². The summed E-state index contributed by atoms with van der Waals surface area (Å²) in [7, 11) is 0. The number of hydrogen-bond acceptors (Lipinski definition) is 2. The Kier molecular flexibility index (Phi) is 9.38. The number of anilines is 5. The first kappa shape index (κ1) is 40.5. The first-order chi connectivity index (χ1) is 33.9. The SMILES string of the molecule is CC1(C)c2ccccc2-c2ccc(N(C=Cc3ccc(-c4cc5ccc6cc(N(c7ccccc7)c7ccccc7)cc7c6c5c(c4)n7-c4ccc5ccccc5c4)cc3)c3ccc(F)cc3)cc21. The Balaban J connectivity index is 0.919. The molecule has 0 saturated heterocycles. The van der Waals surface area contributed by atoms with Gasteiger partial charge in [-0.2, -0.15) is 0 Å². The van der Waals surface area contributed by atoms with Crippen LogP contribution in [0.15, 0.2) is 237 Å². The molecule has 0 unspecified atom stereocenters. The van der Waals surface area contributed by atoms with Crippen LogP contribution in [0.2, 0.25) is 0 Å². The minimum Gasteiger partial charge on any atom is -0.317 e. The molecule has 1 aliphatic rings. The molecular weight excluding hydrogens is 842 g/mol. The van der Waals surface area contributed by atoms with E-state index in [-0.39, 0.29) is 11.2 Å². The first-order valence-corrected chi connectivity index (χ1v) is 23.7. The third-order valence-electron chi connectivity index (χ3n) is 14.3. The van der Waals surface area contributed by atoms with Gasteiger partial charge < -0.3 is 14.4 Å². The van der Waals surface area contributed by atoms with E-state index in [0.29, 0.717) is 0 Å². The van der Waals surface area contributed by atoms with E-state index in [1.807, 2.05) is 12.1 Å². The van der Waals surface area contributed by atoms with Gasteiger partial charge in [-0.1, -0.05) is 147 Å². The number of hydrogen-bond donors (Lipinski definition) is 0. The Labute approximate surface area is 401 Å². The van der Waals surface area contributed by atoms with Gasteiger partial charge in [-0.05, 0) is 164 Å². The molecule has 0 saturated carbocycles. The monoisotopic (exact) mass is 887 g/mol. The first-order valence-electron chi connectivity index (χ1n) is 23.7. The lowest BCUT2D eigenvalue weighted by atomic mass is 9.82. The molecule has 12 aromatic rings. The van der Waals surface area contributed by atoms with E-state index in [0.717, 1.165) is 56.3 Å². The second-order valence-corrected chi connectivity index (χ2v) is 18.8. The second kappa shape index (κ2) is 16.0. The smallest absolute Gasteiger partial charge is 0.123 e. The third kappa shape index (κ3) is 6.78. The van der Waals surface area contributed by atoms with E-state index in [1.54, 1.807) is 0 Å². The van der Waals surface area contributed by atoms with E-state index in [9.17, 15) is 4.39 Å². The molecule has 0 amide bonds. The maximum Gasteiger partial charge on any atom is 0.123 e. The Morgan fingerprint density at radius 3 is 1.77 bits per heavy atom. The molecule has 0 N–H and O–H groups in total. The Morgan fingerprint density at radius 2 is 1.03 bits per heavy atom. The van der Waals surface area contributed by atoms with Crippen LogP contribution >= 0.6 is 0 Å². The number of nitrogens with zero attached hydrogens (tertiary/aromatic N) is 3. The van der Waals surface area contributed by atoms with Crippen molar-refractivity contribution in [1.29, 1.82) is 0 Å². The molecule has 1 heterocycles. The molecule has 0 fully saturated rings. The molecule has 0 aliphatic heterocycles. The van der Waals surface area contributed by atoms with Crippen molar-refractivity contribution in [3.63, 3.8) is 0 Å². The molecule has 13 rings (SSSR count). The predicted molar refractivity (Wildman–Crippen MR) is 289 cm³/mol. The summed E-state index contributed by atoms with van der Waals surface area (Å²) >= 11 is 0. The van der Waals surface area contributed by atoms with Gasteiger partial charge in [0.2, 0.25) is 0 Å². The largest absolute Gasteiger partial charge is 0.317 e. The van der Waals surface area contributed by atoms with E-state index in [4.69, 9.17) is 0 Å². The summed E-state index contributed by atoms with van der Waals surface area (Å²) in [5, 5.41) is 7.34. The average Bonchev–Trinajstić information content (AvgIpc) is 3.85. The number of para-hydroxylation sites is 2. The fraction of sp³-hybridized carbons (Fsp3) is 0.0462. The fourth-order valence-electron chi connectivity index (χ4n) is 11.0. The van der Waals surface area contributed by atoms with Crippen LogP contribution in [0, 0.1) is 5.82 Å². The van der Waals surface area contributed by atoms with Crippen molar-refractivity contribution in [2.45, 2.75) is 19.3 Å². The zero-order valence-corrected chi connectivity index (χ0v) is 38.3. The third-order valence-corrected chi connectivity index (χ3v) is 14.3. The van der Waals surface area contributed by atoms with Gasteiger partial charge in [-0.25, -0.2) is 4.39 Å². The highest BCUT2D eigenvalue weighted by molar-refractivity contribution is 6.26. The molecule has 0 radical (unpaired) electrons. The number of halogens is 1. The van der Waals surface area contributed by atoms with Gasteiger partial charge in [0, 0.05) is 56.5 Å². The van der Waals surface area contributed by atoms with Crippen molar-refractivity contribution in [2.24, 2.45) is 0 Å². The lowest BCUT2D eigenvalue weighted by Gasteiger charge is -2.26. The summed E-state index contributed by atoms with van der Waals surface area (Å²) < 4.78 is 16.8. The van der Waals surface area contributed by atoms with Gasteiger partial charge in [-0.3, -0.25) is 0 Å². The summed E-state index contributed by atoms with van der Waals surface area (Å²) in [4.78, 5) is 4.51. The molecule has 0 atom stereocenters. The minimum atomic E-state index is -0.257. The van der Waals surface area contributed by atoms with E-state index < -0.39 is 0 Å². The summed E-state index contributed by atoms with van der Waals surface area (Å²) in [6.45, 7) is 4.60. The van der Waals surface area contributed by atoms with E-state index >= 15 is 0 Å². The predicted octanol–water partition coefficient (Wildman–Crippen LogP) is 17.9. The van der Waals surface area contributed by atoms with Crippen LogP contribution < -0.4 is 9.80 Å². The van der Waals surface area contributed by atoms with Crippen molar-refractivity contribution in [1.82, 2.24) is 4.57 Å². The van der Waals surface area contributed by atoms with Gasteiger partial charge in [0.05, 0.1) is 11.0 Å². The van der Waals surface area contributed by atoms with Gasteiger partial charge in [0.25, 0.3) is 0 Å². The molecule has 1 aromatic heterocycles. The van der Waals surface area contributed by atoms with Crippen LogP contribution in [0.3, 0.4) is 0 Å². The zero-order chi connectivity index (χ0) is 46.2. The van der Waals surface area contributed by atoms with Crippen molar-refractivity contribution in [3.8, 4) is 27.9 Å². The molecule has 69 heavy (non-hydrogen) atoms. The Morgan fingerprint density at radius 1 is 0.420 bits per heavy atom. The number of fused-ring (bicyclic) bond motifs is 4. The molecule has 328 valence electrons. The number of benzene rings is 11. The average molecular weight is 888 g/mol. The van der Waals surface area contributed by atoms with Gasteiger partial charge in [0.1, 0.15) is 5.82 Å². The van der Waals surface area contributed by atoms with Crippen LogP contribution in [-0.4, -0.2) is 4.57 Å². The van der Waals surface area contributed by atoms with Crippen LogP contribution in [-0.2, 0) is 5.41 Å². The number of rotatable bonds is 9. The Hall–Kier alpha value is -8.73. The Bertz CT molecular complexity index is 3880. The van der Waals surface area contributed by atoms with Gasteiger partial charge in [-0.15, -0.1) is 0 Å². The molecule has 0 spiro atoms. The molecule has 1 aliphatic carbocycles. The highest BCUT2D eigenvalue weighted by Gasteiger charge is 2.35. The number of aromatic nitrogens is 1. The maximum atomic E-state index is 14.3.